The molecule has 0 spiro atoms. The molecule has 1 aliphatic rings. The first-order valence-electron chi connectivity index (χ1n) is 4.74. The van der Waals surface area contributed by atoms with Crippen molar-refractivity contribution in [1.82, 2.24) is 9.88 Å². The average molecular weight is 191 g/mol. The Hall–Kier alpha value is -1.58. The highest BCUT2D eigenvalue weighted by Gasteiger charge is 2.24. The van der Waals surface area contributed by atoms with Gasteiger partial charge >= 0.3 is 0 Å². The summed E-state index contributed by atoms with van der Waals surface area (Å²) in [6.45, 7) is 0.846. The molecule has 0 aromatic carbocycles. The second-order valence-corrected chi connectivity index (χ2v) is 3.52. The Morgan fingerprint density at radius 1 is 1.57 bits per heavy atom. The molecular weight excluding hydrogens is 178 g/mol. The minimum Gasteiger partial charge on any atom is -0.384 e. The monoisotopic (exact) mass is 191 g/mol. The normalized spacial score (nSPS) is 21.1. The summed E-state index contributed by atoms with van der Waals surface area (Å²) in [5, 5.41) is 0. The van der Waals surface area contributed by atoms with Crippen molar-refractivity contribution < 1.29 is 4.79 Å². The van der Waals surface area contributed by atoms with Gasteiger partial charge in [-0.15, -0.1) is 0 Å². The van der Waals surface area contributed by atoms with Gasteiger partial charge in [-0.05, 0) is 24.5 Å². The summed E-state index contributed by atoms with van der Waals surface area (Å²) in [5.41, 5.74) is 6.57. The molecule has 14 heavy (non-hydrogen) atoms. The summed E-state index contributed by atoms with van der Waals surface area (Å²) < 4.78 is 0. The number of carbonyl (C=O) groups excluding carboxylic acids is 1. The van der Waals surface area contributed by atoms with E-state index in [9.17, 15) is 4.79 Å². The molecule has 1 aromatic rings. The van der Waals surface area contributed by atoms with E-state index in [0.29, 0.717) is 5.82 Å². The third-order valence-electron chi connectivity index (χ3n) is 2.62. The van der Waals surface area contributed by atoms with Crippen LogP contribution in [0.15, 0.2) is 18.3 Å². The van der Waals surface area contributed by atoms with Crippen molar-refractivity contribution in [3.05, 3.63) is 23.9 Å². The van der Waals surface area contributed by atoms with E-state index < -0.39 is 0 Å². The second-order valence-electron chi connectivity index (χ2n) is 3.52. The number of carbonyl (C=O) groups is 1. The minimum absolute atomic E-state index is 0.195. The van der Waals surface area contributed by atoms with Crippen molar-refractivity contribution in [1.29, 1.82) is 0 Å². The van der Waals surface area contributed by atoms with Crippen molar-refractivity contribution in [2.24, 2.45) is 0 Å². The zero-order chi connectivity index (χ0) is 9.97. The second kappa shape index (κ2) is 3.65. The van der Waals surface area contributed by atoms with Gasteiger partial charge in [0.05, 0.1) is 6.04 Å². The maximum Gasteiger partial charge on any atom is 0.210 e. The maximum absolute atomic E-state index is 10.7. The third-order valence-corrected chi connectivity index (χ3v) is 2.62. The van der Waals surface area contributed by atoms with Crippen molar-refractivity contribution in [2.75, 3.05) is 12.3 Å². The Morgan fingerprint density at radius 3 is 3.07 bits per heavy atom. The number of hydrogen-bond acceptors (Lipinski definition) is 3. The first-order valence-corrected chi connectivity index (χ1v) is 4.74. The molecule has 0 saturated carbocycles. The quantitative estimate of drug-likeness (QED) is 0.708. The summed E-state index contributed by atoms with van der Waals surface area (Å²) >= 11 is 0. The van der Waals surface area contributed by atoms with E-state index in [2.05, 4.69) is 4.98 Å². The van der Waals surface area contributed by atoms with E-state index in [1.54, 1.807) is 12.3 Å². The number of aromatic nitrogens is 1. The summed E-state index contributed by atoms with van der Waals surface area (Å²) in [7, 11) is 0. The molecule has 1 aromatic heterocycles. The van der Waals surface area contributed by atoms with Crippen LogP contribution < -0.4 is 5.73 Å². The number of amides is 1. The zero-order valence-electron chi connectivity index (χ0n) is 7.89. The van der Waals surface area contributed by atoms with Crippen LogP contribution in [0.4, 0.5) is 5.82 Å². The van der Waals surface area contributed by atoms with Crippen LogP contribution >= 0.6 is 0 Å². The van der Waals surface area contributed by atoms with Gasteiger partial charge < -0.3 is 10.6 Å². The Kier molecular flexibility index (Phi) is 2.35. The fourth-order valence-electron chi connectivity index (χ4n) is 1.89. The molecule has 4 heteroatoms. The van der Waals surface area contributed by atoms with Crippen LogP contribution in [0, 0.1) is 0 Å². The van der Waals surface area contributed by atoms with Crippen molar-refractivity contribution in [2.45, 2.75) is 18.9 Å². The number of anilines is 1. The number of nitrogens with zero attached hydrogens (tertiary/aromatic N) is 2. The third kappa shape index (κ3) is 1.55. The van der Waals surface area contributed by atoms with E-state index in [4.69, 9.17) is 5.73 Å². The molecule has 0 aliphatic carbocycles. The van der Waals surface area contributed by atoms with Crippen molar-refractivity contribution in [3.8, 4) is 0 Å². The Balaban J connectivity index is 2.21. The molecule has 1 amide bonds. The predicted molar refractivity (Wildman–Crippen MR) is 53.4 cm³/mol. The standard InChI is InChI=1S/C10H13N3O/c11-10-4-3-8(6-12-10)9-2-1-5-13(9)7-14/h3-4,6-7,9H,1-2,5H2,(H2,11,12)/t9-/m0/s1. The van der Waals surface area contributed by atoms with Gasteiger partial charge in [0.1, 0.15) is 5.82 Å². The predicted octanol–water partition coefficient (Wildman–Crippen LogP) is 0.957. The molecule has 4 nitrogen and oxygen atoms in total. The van der Waals surface area contributed by atoms with Gasteiger partial charge in [0.2, 0.25) is 6.41 Å². The molecule has 0 bridgehead atoms. The van der Waals surface area contributed by atoms with Crippen molar-refractivity contribution in [3.63, 3.8) is 0 Å². The van der Waals surface area contributed by atoms with E-state index in [0.717, 1.165) is 31.4 Å². The molecule has 0 unspecified atom stereocenters. The fourth-order valence-corrected chi connectivity index (χ4v) is 1.89. The van der Waals surface area contributed by atoms with Crippen LogP contribution in [0.2, 0.25) is 0 Å². The highest BCUT2D eigenvalue weighted by molar-refractivity contribution is 5.49. The highest BCUT2D eigenvalue weighted by atomic mass is 16.1. The van der Waals surface area contributed by atoms with Crippen LogP contribution in [-0.2, 0) is 4.79 Å². The Bertz CT molecular complexity index is 323. The maximum atomic E-state index is 10.7. The number of hydrogen-bond donors (Lipinski definition) is 1. The molecule has 1 fully saturated rings. The molecule has 0 radical (unpaired) electrons. The van der Waals surface area contributed by atoms with Crippen LogP contribution in [0.1, 0.15) is 24.4 Å². The number of nitrogens with two attached hydrogens (primary N) is 1. The summed E-state index contributed by atoms with van der Waals surface area (Å²) in [6, 6.07) is 3.91. The molecule has 2 rings (SSSR count). The zero-order valence-corrected chi connectivity index (χ0v) is 7.89. The number of rotatable bonds is 2. The van der Waals surface area contributed by atoms with Gasteiger partial charge in [0, 0.05) is 12.7 Å². The lowest BCUT2D eigenvalue weighted by Crippen LogP contribution is -2.21. The number of nitrogen functional groups attached to an aromatic ring is 1. The van der Waals surface area contributed by atoms with Gasteiger partial charge in [-0.2, -0.15) is 0 Å². The lowest BCUT2D eigenvalue weighted by molar-refractivity contribution is -0.118. The van der Waals surface area contributed by atoms with Gasteiger partial charge in [-0.3, -0.25) is 4.79 Å². The Morgan fingerprint density at radius 2 is 2.43 bits per heavy atom. The number of likely N-dealkylation sites (tertiary alicyclic amines) is 1. The lowest BCUT2D eigenvalue weighted by atomic mass is 10.1. The molecule has 1 aliphatic heterocycles. The molecule has 1 atom stereocenters. The van der Waals surface area contributed by atoms with Gasteiger partial charge in [-0.25, -0.2) is 4.98 Å². The summed E-state index contributed by atoms with van der Waals surface area (Å²) in [4.78, 5) is 16.6. The molecular formula is C10H13N3O. The SMILES string of the molecule is Nc1ccc([C@@H]2CCCN2C=O)cn1. The van der Waals surface area contributed by atoms with Gasteiger partial charge in [-0.1, -0.05) is 6.07 Å². The van der Waals surface area contributed by atoms with Gasteiger partial charge in [0.25, 0.3) is 0 Å². The highest BCUT2D eigenvalue weighted by Crippen LogP contribution is 2.29. The molecule has 74 valence electrons. The fraction of sp³-hybridized carbons (Fsp3) is 0.400. The largest absolute Gasteiger partial charge is 0.384 e. The van der Waals surface area contributed by atoms with Gasteiger partial charge in [0.15, 0.2) is 0 Å². The van der Waals surface area contributed by atoms with Crippen LogP contribution in [0.3, 0.4) is 0 Å². The topological polar surface area (TPSA) is 59.2 Å². The summed E-state index contributed by atoms with van der Waals surface area (Å²) in [6.07, 6.45) is 4.74. The van der Waals surface area contributed by atoms with Crippen molar-refractivity contribution >= 4 is 12.2 Å². The van der Waals surface area contributed by atoms with Crippen LogP contribution in [0.5, 0.6) is 0 Å². The average Bonchev–Trinajstić information content (AvgIpc) is 2.67. The smallest absolute Gasteiger partial charge is 0.210 e. The lowest BCUT2D eigenvalue weighted by Gasteiger charge is -2.19. The van der Waals surface area contributed by atoms with E-state index in [-0.39, 0.29) is 6.04 Å². The summed E-state index contributed by atoms with van der Waals surface area (Å²) in [5.74, 6) is 0.518. The molecule has 2 N–H and O–H groups in total. The number of pyridine rings is 1. The van der Waals surface area contributed by atoms with Crippen LogP contribution in [0.25, 0.3) is 0 Å². The van der Waals surface area contributed by atoms with E-state index in [1.165, 1.54) is 0 Å². The van der Waals surface area contributed by atoms with E-state index in [1.807, 2.05) is 11.0 Å². The Labute approximate surface area is 82.7 Å². The first kappa shape index (κ1) is 8.99. The molecule has 1 saturated heterocycles. The minimum atomic E-state index is 0.195. The first-order chi connectivity index (χ1) is 6.81. The van der Waals surface area contributed by atoms with E-state index >= 15 is 0 Å². The van der Waals surface area contributed by atoms with Crippen LogP contribution in [-0.4, -0.2) is 22.8 Å². The molecule has 2 heterocycles.